The summed E-state index contributed by atoms with van der Waals surface area (Å²) in [5, 5.41) is 0. The predicted octanol–water partition coefficient (Wildman–Crippen LogP) is 4.31. The molecule has 1 heteroatoms. The molecule has 0 amide bonds. The van der Waals surface area contributed by atoms with E-state index in [2.05, 4.69) is 18.2 Å². The van der Waals surface area contributed by atoms with E-state index in [1.807, 2.05) is 55.5 Å². The van der Waals surface area contributed by atoms with Crippen molar-refractivity contribution < 1.29 is 4.74 Å². The molecule has 0 aliphatic carbocycles. The van der Waals surface area contributed by atoms with Crippen LogP contribution < -0.4 is 4.74 Å². The zero-order valence-corrected chi connectivity index (χ0v) is 9.97. The molecule has 2 aromatic rings. The summed E-state index contributed by atoms with van der Waals surface area (Å²) >= 11 is 0. The lowest BCUT2D eigenvalue weighted by molar-refractivity contribution is 0.364. The Hall–Kier alpha value is -2.02. The molecule has 0 bridgehead atoms. The molecule has 0 unspecified atom stereocenters. The number of rotatable bonds is 4. The van der Waals surface area contributed by atoms with E-state index in [1.54, 1.807) is 0 Å². The van der Waals surface area contributed by atoms with Gasteiger partial charge in [0.15, 0.2) is 0 Å². The van der Waals surface area contributed by atoms with E-state index in [0.717, 1.165) is 11.3 Å². The number of benzene rings is 2. The minimum Gasteiger partial charge on any atom is -0.489 e. The third-order valence-corrected chi connectivity index (χ3v) is 2.54. The van der Waals surface area contributed by atoms with Crippen molar-refractivity contribution in [3.63, 3.8) is 0 Å². The van der Waals surface area contributed by atoms with Gasteiger partial charge in [-0.3, -0.25) is 0 Å². The second kappa shape index (κ2) is 5.90. The summed E-state index contributed by atoms with van der Waals surface area (Å²) in [6.45, 7) is 2.60. The highest BCUT2D eigenvalue weighted by Gasteiger charge is 2.03. The van der Waals surface area contributed by atoms with Crippen LogP contribution in [0, 0.1) is 0 Å². The molecule has 2 rings (SSSR count). The minimum atomic E-state index is 0.611. The fourth-order valence-electron chi connectivity index (χ4n) is 1.68. The maximum atomic E-state index is 5.75. The van der Waals surface area contributed by atoms with Crippen molar-refractivity contribution in [2.75, 3.05) is 6.61 Å². The second-order valence-corrected chi connectivity index (χ2v) is 3.74. The Labute approximate surface area is 102 Å². The average molecular weight is 224 g/mol. The molecule has 0 radical (unpaired) electrons. The van der Waals surface area contributed by atoms with Crippen LogP contribution in [-0.4, -0.2) is 6.61 Å². The zero-order chi connectivity index (χ0) is 11.9. The molecule has 0 N–H and O–H groups in total. The summed E-state index contributed by atoms with van der Waals surface area (Å²) in [5.74, 6) is 0.928. The first-order chi connectivity index (χ1) is 8.42. The molecule has 0 fully saturated rings. The fraction of sp³-hybridized carbons (Fsp3) is 0.125. The fourth-order valence-corrected chi connectivity index (χ4v) is 1.68. The molecule has 0 saturated heterocycles. The molecule has 0 saturated carbocycles. The Bertz CT molecular complexity index is 486. The molecule has 0 atom stereocenters. The first-order valence-electron chi connectivity index (χ1n) is 5.80. The Balaban J connectivity index is 2.28. The smallest absolute Gasteiger partial charge is 0.127 e. The van der Waals surface area contributed by atoms with Crippen molar-refractivity contribution in [2.45, 2.75) is 6.92 Å². The minimum absolute atomic E-state index is 0.611. The van der Waals surface area contributed by atoms with Gasteiger partial charge in [0.2, 0.25) is 0 Å². The van der Waals surface area contributed by atoms with Crippen LogP contribution >= 0.6 is 0 Å². The Morgan fingerprint density at radius 1 is 0.941 bits per heavy atom. The molecule has 17 heavy (non-hydrogen) atoms. The van der Waals surface area contributed by atoms with Gasteiger partial charge in [0, 0.05) is 5.56 Å². The van der Waals surface area contributed by atoms with Gasteiger partial charge in [-0.1, -0.05) is 60.7 Å². The van der Waals surface area contributed by atoms with E-state index in [0.29, 0.717) is 6.61 Å². The van der Waals surface area contributed by atoms with Gasteiger partial charge < -0.3 is 4.74 Å². The third kappa shape index (κ3) is 2.97. The van der Waals surface area contributed by atoms with Gasteiger partial charge >= 0.3 is 0 Å². The summed E-state index contributed by atoms with van der Waals surface area (Å²) in [7, 11) is 0. The van der Waals surface area contributed by atoms with E-state index in [-0.39, 0.29) is 0 Å². The lowest BCUT2D eigenvalue weighted by Gasteiger charge is -2.09. The maximum absolute atomic E-state index is 5.75. The van der Waals surface area contributed by atoms with Crippen molar-refractivity contribution in [3.8, 4) is 16.9 Å². The lowest BCUT2D eigenvalue weighted by Crippen LogP contribution is -1.95. The van der Waals surface area contributed by atoms with Crippen molar-refractivity contribution >= 4 is 0 Å². The zero-order valence-electron chi connectivity index (χ0n) is 9.97. The third-order valence-electron chi connectivity index (χ3n) is 2.54. The van der Waals surface area contributed by atoms with Gasteiger partial charge in [-0.25, -0.2) is 0 Å². The van der Waals surface area contributed by atoms with E-state index in [9.17, 15) is 0 Å². The standard InChI is InChI=1S/C16H16O/c1-2-3-13-17-16-12-8-7-11-15(16)14-9-5-4-6-10-14/h2-12H,13H2,1H3/b3-2+. The first-order valence-corrected chi connectivity index (χ1v) is 5.80. The summed E-state index contributed by atoms with van der Waals surface area (Å²) in [6.07, 6.45) is 3.99. The number of allylic oxidation sites excluding steroid dienone is 1. The molecule has 86 valence electrons. The number of ether oxygens (including phenoxy) is 1. The highest BCUT2D eigenvalue weighted by Crippen LogP contribution is 2.29. The predicted molar refractivity (Wildman–Crippen MR) is 72.2 cm³/mol. The van der Waals surface area contributed by atoms with Gasteiger partial charge in [0.05, 0.1) is 0 Å². The number of hydrogen-bond donors (Lipinski definition) is 0. The summed E-state index contributed by atoms with van der Waals surface area (Å²) in [6, 6.07) is 18.4. The van der Waals surface area contributed by atoms with Gasteiger partial charge in [-0.05, 0) is 18.6 Å². The van der Waals surface area contributed by atoms with E-state index >= 15 is 0 Å². The van der Waals surface area contributed by atoms with Crippen LogP contribution in [0.5, 0.6) is 5.75 Å². The Morgan fingerprint density at radius 3 is 2.41 bits per heavy atom. The number of hydrogen-bond acceptors (Lipinski definition) is 1. The highest BCUT2D eigenvalue weighted by molar-refractivity contribution is 5.70. The van der Waals surface area contributed by atoms with Gasteiger partial charge in [-0.2, -0.15) is 0 Å². The molecule has 0 heterocycles. The van der Waals surface area contributed by atoms with E-state index in [1.165, 1.54) is 5.56 Å². The van der Waals surface area contributed by atoms with Crippen LogP contribution in [0.1, 0.15) is 6.92 Å². The molecule has 0 aliphatic rings. The summed E-state index contributed by atoms with van der Waals surface area (Å²) in [5.41, 5.74) is 2.32. The van der Waals surface area contributed by atoms with Crippen LogP contribution in [0.15, 0.2) is 66.7 Å². The monoisotopic (exact) mass is 224 g/mol. The number of para-hydroxylation sites is 1. The van der Waals surface area contributed by atoms with Crippen molar-refractivity contribution in [3.05, 3.63) is 66.7 Å². The maximum Gasteiger partial charge on any atom is 0.127 e. The summed E-state index contributed by atoms with van der Waals surface area (Å²) < 4.78 is 5.75. The average Bonchev–Trinajstić information content (AvgIpc) is 2.41. The van der Waals surface area contributed by atoms with Crippen molar-refractivity contribution in [1.82, 2.24) is 0 Å². The molecule has 0 aliphatic heterocycles. The molecule has 2 aromatic carbocycles. The lowest BCUT2D eigenvalue weighted by atomic mass is 10.1. The van der Waals surface area contributed by atoms with Crippen LogP contribution in [0.3, 0.4) is 0 Å². The van der Waals surface area contributed by atoms with Crippen LogP contribution in [-0.2, 0) is 0 Å². The van der Waals surface area contributed by atoms with Crippen LogP contribution in [0.25, 0.3) is 11.1 Å². The Morgan fingerprint density at radius 2 is 1.65 bits per heavy atom. The Kier molecular flexibility index (Phi) is 3.98. The van der Waals surface area contributed by atoms with E-state index in [4.69, 9.17) is 4.74 Å². The normalized spacial score (nSPS) is 10.6. The molecular formula is C16H16O. The van der Waals surface area contributed by atoms with Crippen molar-refractivity contribution in [1.29, 1.82) is 0 Å². The van der Waals surface area contributed by atoms with Gasteiger partial charge in [0.25, 0.3) is 0 Å². The van der Waals surface area contributed by atoms with E-state index < -0.39 is 0 Å². The quantitative estimate of drug-likeness (QED) is 0.703. The van der Waals surface area contributed by atoms with Gasteiger partial charge in [0.1, 0.15) is 12.4 Å². The van der Waals surface area contributed by atoms with Crippen molar-refractivity contribution in [2.24, 2.45) is 0 Å². The molecule has 1 nitrogen and oxygen atoms in total. The molecule has 0 spiro atoms. The molecular weight excluding hydrogens is 208 g/mol. The largest absolute Gasteiger partial charge is 0.489 e. The van der Waals surface area contributed by atoms with Gasteiger partial charge in [-0.15, -0.1) is 0 Å². The SMILES string of the molecule is C/C=C/COc1ccccc1-c1ccccc1. The second-order valence-electron chi connectivity index (χ2n) is 3.74. The first kappa shape index (κ1) is 11.5. The summed E-state index contributed by atoms with van der Waals surface area (Å²) in [4.78, 5) is 0. The molecule has 0 aromatic heterocycles. The topological polar surface area (TPSA) is 9.23 Å². The van der Waals surface area contributed by atoms with Crippen LogP contribution in [0.2, 0.25) is 0 Å². The van der Waals surface area contributed by atoms with Crippen LogP contribution in [0.4, 0.5) is 0 Å². The highest BCUT2D eigenvalue weighted by atomic mass is 16.5.